The summed E-state index contributed by atoms with van der Waals surface area (Å²) in [6.45, 7) is 9.67. The molecule has 6 heteroatoms. The first-order chi connectivity index (χ1) is 13.9. The second-order valence-corrected chi connectivity index (χ2v) is 8.84. The van der Waals surface area contributed by atoms with E-state index >= 15 is 0 Å². The Balaban J connectivity index is 1.49. The maximum absolute atomic E-state index is 12.4. The lowest BCUT2D eigenvalue weighted by Crippen LogP contribution is -2.32. The first-order valence-corrected chi connectivity index (χ1v) is 11.7. The van der Waals surface area contributed by atoms with E-state index in [0.717, 1.165) is 40.3 Å². The van der Waals surface area contributed by atoms with Gasteiger partial charge in [-0.05, 0) is 81.6 Å². The van der Waals surface area contributed by atoms with Crippen molar-refractivity contribution in [2.24, 2.45) is 5.92 Å². The quantitative estimate of drug-likeness (QED) is 0.531. The number of nitrogens with zero attached hydrogens (tertiary/aromatic N) is 3. The van der Waals surface area contributed by atoms with Gasteiger partial charge in [0.1, 0.15) is 0 Å². The number of anilines is 1. The fraction of sp³-hybridized carbons (Fsp3) is 0.522. The number of carbonyl (C=O) groups is 1. The Labute approximate surface area is 178 Å². The van der Waals surface area contributed by atoms with Crippen LogP contribution in [0.2, 0.25) is 0 Å². The normalized spacial score (nSPS) is 15.4. The molecule has 0 unspecified atom stereocenters. The molecule has 0 aliphatic carbocycles. The van der Waals surface area contributed by atoms with Crippen molar-refractivity contribution in [2.45, 2.75) is 58.2 Å². The first-order valence-electron chi connectivity index (χ1n) is 10.4. The van der Waals surface area contributed by atoms with Gasteiger partial charge in [-0.25, -0.2) is 9.97 Å². The van der Waals surface area contributed by atoms with Gasteiger partial charge in [0, 0.05) is 30.0 Å². The number of rotatable bonds is 7. The Morgan fingerprint density at radius 1 is 1.14 bits per heavy atom. The number of hydrogen-bond acceptors (Lipinski definition) is 5. The van der Waals surface area contributed by atoms with Crippen molar-refractivity contribution in [3.05, 3.63) is 46.8 Å². The van der Waals surface area contributed by atoms with Crippen LogP contribution in [0, 0.1) is 19.8 Å². The zero-order valence-corrected chi connectivity index (χ0v) is 18.8. The molecule has 3 rings (SSSR count). The maximum Gasteiger partial charge on any atom is 0.224 e. The van der Waals surface area contributed by atoms with Crippen LogP contribution in [0.4, 0.5) is 5.69 Å². The number of likely N-dealkylation sites (tertiary alicyclic amines) is 1. The SMILES string of the molecule is CSc1nc(C)c(CCC(=O)Nc2ccc(CN3CCC(C)CC3)cc2)c(C)n1. The van der Waals surface area contributed by atoms with Gasteiger partial charge in [0.15, 0.2) is 5.16 Å². The molecule has 1 amide bonds. The topological polar surface area (TPSA) is 58.1 Å². The molecular formula is C23H32N4OS. The summed E-state index contributed by atoms with van der Waals surface area (Å²) >= 11 is 1.54. The van der Waals surface area contributed by atoms with Crippen LogP contribution in [0.25, 0.3) is 0 Å². The van der Waals surface area contributed by atoms with Gasteiger partial charge < -0.3 is 5.32 Å². The van der Waals surface area contributed by atoms with Crippen LogP contribution in [-0.4, -0.2) is 40.1 Å². The van der Waals surface area contributed by atoms with Crippen LogP contribution in [0.5, 0.6) is 0 Å². The first kappa shape index (κ1) is 21.8. The van der Waals surface area contributed by atoms with Crippen molar-refractivity contribution < 1.29 is 4.79 Å². The second kappa shape index (κ2) is 10.2. The van der Waals surface area contributed by atoms with Crippen molar-refractivity contribution in [3.63, 3.8) is 0 Å². The zero-order chi connectivity index (χ0) is 20.8. The lowest BCUT2D eigenvalue weighted by Gasteiger charge is -2.30. The third-order valence-electron chi connectivity index (χ3n) is 5.70. The van der Waals surface area contributed by atoms with Crippen LogP contribution in [0.1, 0.15) is 48.7 Å². The average Bonchev–Trinajstić information content (AvgIpc) is 2.70. The summed E-state index contributed by atoms with van der Waals surface area (Å²) in [7, 11) is 0. The van der Waals surface area contributed by atoms with Crippen LogP contribution in [-0.2, 0) is 17.8 Å². The molecule has 0 spiro atoms. The molecule has 0 bridgehead atoms. The number of benzene rings is 1. The minimum atomic E-state index is 0.0236. The van der Waals surface area contributed by atoms with Gasteiger partial charge in [-0.15, -0.1) is 0 Å². The van der Waals surface area contributed by atoms with Gasteiger partial charge in [-0.1, -0.05) is 30.8 Å². The molecule has 1 aromatic carbocycles. The third kappa shape index (κ3) is 6.28. The molecule has 0 saturated carbocycles. The fourth-order valence-corrected chi connectivity index (χ4v) is 4.25. The van der Waals surface area contributed by atoms with Crippen molar-refractivity contribution in [2.75, 3.05) is 24.7 Å². The minimum Gasteiger partial charge on any atom is -0.326 e. The monoisotopic (exact) mass is 412 g/mol. The largest absolute Gasteiger partial charge is 0.326 e. The Kier molecular flexibility index (Phi) is 7.67. The van der Waals surface area contributed by atoms with Crippen LogP contribution < -0.4 is 5.32 Å². The molecule has 1 aromatic heterocycles. The molecule has 5 nitrogen and oxygen atoms in total. The molecule has 0 radical (unpaired) electrons. The van der Waals surface area contributed by atoms with Crippen LogP contribution in [0.3, 0.4) is 0 Å². The number of aryl methyl sites for hydroxylation is 2. The summed E-state index contributed by atoms with van der Waals surface area (Å²) in [4.78, 5) is 23.9. The Bertz CT molecular complexity index is 806. The van der Waals surface area contributed by atoms with Crippen LogP contribution >= 0.6 is 11.8 Å². The molecule has 0 atom stereocenters. The van der Waals surface area contributed by atoms with Crippen molar-refractivity contribution >= 4 is 23.4 Å². The standard InChI is InChI=1S/C23H32N4OS/c1-16-11-13-27(14-12-16)15-19-5-7-20(8-6-19)26-22(28)10-9-21-17(2)24-23(29-4)25-18(21)3/h5-8,16H,9-15H2,1-4H3,(H,26,28). The lowest BCUT2D eigenvalue weighted by atomic mass is 9.99. The smallest absolute Gasteiger partial charge is 0.224 e. The van der Waals surface area contributed by atoms with Gasteiger partial charge >= 0.3 is 0 Å². The van der Waals surface area contributed by atoms with Gasteiger partial charge in [-0.3, -0.25) is 9.69 Å². The fourth-order valence-electron chi connectivity index (χ4n) is 3.80. The van der Waals surface area contributed by atoms with E-state index in [2.05, 4.69) is 39.2 Å². The lowest BCUT2D eigenvalue weighted by molar-refractivity contribution is -0.116. The molecule has 1 fully saturated rings. The summed E-state index contributed by atoms with van der Waals surface area (Å²) in [5.74, 6) is 0.877. The molecule has 1 aliphatic rings. The van der Waals surface area contributed by atoms with E-state index in [1.807, 2.05) is 32.2 Å². The van der Waals surface area contributed by atoms with Gasteiger partial charge in [0.2, 0.25) is 5.91 Å². The summed E-state index contributed by atoms with van der Waals surface area (Å²) in [6.07, 6.45) is 5.64. The van der Waals surface area contributed by atoms with Gasteiger partial charge in [0.25, 0.3) is 0 Å². The van der Waals surface area contributed by atoms with E-state index in [1.54, 1.807) is 0 Å². The second-order valence-electron chi connectivity index (χ2n) is 8.06. The predicted molar refractivity (Wildman–Crippen MR) is 120 cm³/mol. The Hall–Kier alpha value is -1.92. The highest BCUT2D eigenvalue weighted by Crippen LogP contribution is 2.20. The molecule has 1 aliphatic heterocycles. The molecular weight excluding hydrogens is 380 g/mol. The van der Waals surface area contributed by atoms with E-state index in [1.165, 1.54) is 43.3 Å². The number of nitrogens with one attached hydrogen (secondary N) is 1. The minimum absolute atomic E-state index is 0.0236. The summed E-state index contributed by atoms with van der Waals surface area (Å²) in [5.41, 5.74) is 5.16. The summed E-state index contributed by atoms with van der Waals surface area (Å²) < 4.78 is 0. The number of aromatic nitrogens is 2. The van der Waals surface area contributed by atoms with Gasteiger partial charge in [-0.2, -0.15) is 0 Å². The highest BCUT2D eigenvalue weighted by Gasteiger charge is 2.15. The number of hydrogen-bond donors (Lipinski definition) is 1. The predicted octanol–water partition coefficient (Wildman–Crippen LogP) is 4.62. The average molecular weight is 413 g/mol. The van der Waals surface area contributed by atoms with E-state index in [0.29, 0.717) is 12.8 Å². The third-order valence-corrected chi connectivity index (χ3v) is 6.25. The number of thioether (sulfide) groups is 1. The number of amides is 1. The van der Waals surface area contributed by atoms with Crippen LogP contribution in [0.15, 0.2) is 29.4 Å². The Morgan fingerprint density at radius 2 is 1.76 bits per heavy atom. The molecule has 156 valence electrons. The highest BCUT2D eigenvalue weighted by atomic mass is 32.2. The molecule has 2 aromatic rings. The number of piperidine rings is 1. The van der Waals surface area contributed by atoms with E-state index in [4.69, 9.17) is 0 Å². The van der Waals surface area contributed by atoms with E-state index < -0.39 is 0 Å². The Morgan fingerprint density at radius 3 is 2.34 bits per heavy atom. The van der Waals surface area contributed by atoms with Crippen molar-refractivity contribution in [1.29, 1.82) is 0 Å². The zero-order valence-electron chi connectivity index (χ0n) is 18.0. The summed E-state index contributed by atoms with van der Waals surface area (Å²) in [5, 5.41) is 3.80. The molecule has 2 heterocycles. The molecule has 1 N–H and O–H groups in total. The summed E-state index contributed by atoms with van der Waals surface area (Å²) in [6, 6.07) is 8.26. The number of carbonyl (C=O) groups excluding carboxylic acids is 1. The van der Waals surface area contributed by atoms with E-state index in [9.17, 15) is 4.79 Å². The molecule has 29 heavy (non-hydrogen) atoms. The van der Waals surface area contributed by atoms with Crippen molar-refractivity contribution in [3.8, 4) is 0 Å². The van der Waals surface area contributed by atoms with E-state index in [-0.39, 0.29) is 5.91 Å². The van der Waals surface area contributed by atoms with Gasteiger partial charge in [0.05, 0.1) is 0 Å². The highest BCUT2D eigenvalue weighted by molar-refractivity contribution is 7.98. The molecule has 1 saturated heterocycles. The van der Waals surface area contributed by atoms with Crippen molar-refractivity contribution in [1.82, 2.24) is 14.9 Å². The maximum atomic E-state index is 12.4.